The van der Waals surface area contributed by atoms with Crippen LogP contribution in [0.4, 0.5) is 0 Å². The molecular formula is C22H27ClN2O3. The van der Waals surface area contributed by atoms with Crippen LogP contribution >= 0.6 is 11.6 Å². The van der Waals surface area contributed by atoms with Crippen LogP contribution in [0, 0.1) is 0 Å². The number of benzene rings is 2. The standard InChI is InChI=1S/C22H27ClN2O3/c1-4-20(22(27)24-16(2)3)25(14-17-10-12-18(23)13-11-17)21(26)15-28-19-8-6-5-7-9-19/h5-13,16,20H,4,14-15H2,1-3H3,(H,24,27)/t20-/m1/s1. The summed E-state index contributed by atoms with van der Waals surface area (Å²) in [5.74, 6) is 0.200. The van der Waals surface area contributed by atoms with Gasteiger partial charge in [-0.1, -0.05) is 48.9 Å². The van der Waals surface area contributed by atoms with Crippen molar-refractivity contribution in [1.82, 2.24) is 10.2 Å². The molecule has 2 rings (SSSR count). The van der Waals surface area contributed by atoms with Crippen LogP contribution in [0.2, 0.25) is 5.02 Å². The first-order valence-electron chi connectivity index (χ1n) is 9.42. The van der Waals surface area contributed by atoms with Gasteiger partial charge in [0, 0.05) is 17.6 Å². The predicted molar refractivity (Wildman–Crippen MR) is 111 cm³/mol. The third-order valence-corrected chi connectivity index (χ3v) is 4.44. The van der Waals surface area contributed by atoms with Crippen molar-refractivity contribution in [3.8, 4) is 5.75 Å². The minimum Gasteiger partial charge on any atom is -0.484 e. The second kappa shape index (κ2) is 10.7. The van der Waals surface area contributed by atoms with Gasteiger partial charge in [-0.2, -0.15) is 0 Å². The highest BCUT2D eigenvalue weighted by Crippen LogP contribution is 2.16. The van der Waals surface area contributed by atoms with Crippen molar-refractivity contribution in [2.24, 2.45) is 0 Å². The van der Waals surface area contributed by atoms with E-state index in [4.69, 9.17) is 16.3 Å². The van der Waals surface area contributed by atoms with Crippen LogP contribution in [0.15, 0.2) is 54.6 Å². The number of para-hydroxylation sites is 1. The molecule has 0 bridgehead atoms. The van der Waals surface area contributed by atoms with Gasteiger partial charge in [0.2, 0.25) is 5.91 Å². The molecule has 28 heavy (non-hydrogen) atoms. The zero-order valence-electron chi connectivity index (χ0n) is 16.5. The maximum Gasteiger partial charge on any atom is 0.261 e. The van der Waals surface area contributed by atoms with Crippen LogP contribution < -0.4 is 10.1 Å². The summed E-state index contributed by atoms with van der Waals surface area (Å²) in [6.07, 6.45) is 0.503. The molecule has 2 aromatic rings. The first-order chi connectivity index (χ1) is 13.4. The Morgan fingerprint density at radius 2 is 1.71 bits per heavy atom. The molecule has 0 heterocycles. The monoisotopic (exact) mass is 402 g/mol. The van der Waals surface area contributed by atoms with Gasteiger partial charge in [0.15, 0.2) is 6.61 Å². The number of halogens is 1. The number of amides is 2. The molecule has 6 heteroatoms. The summed E-state index contributed by atoms with van der Waals surface area (Å²) in [6.45, 7) is 5.86. The van der Waals surface area contributed by atoms with Gasteiger partial charge >= 0.3 is 0 Å². The van der Waals surface area contributed by atoms with E-state index in [9.17, 15) is 9.59 Å². The highest BCUT2D eigenvalue weighted by molar-refractivity contribution is 6.30. The largest absolute Gasteiger partial charge is 0.484 e. The SMILES string of the molecule is CC[C@H](C(=O)NC(C)C)N(Cc1ccc(Cl)cc1)C(=O)COc1ccccc1. The van der Waals surface area contributed by atoms with Crippen LogP contribution in [0.1, 0.15) is 32.8 Å². The molecule has 1 N–H and O–H groups in total. The fourth-order valence-electron chi connectivity index (χ4n) is 2.83. The average molecular weight is 403 g/mol. The molecular weight excluding hydrogens is 376 g/mol. The topological polar surface area (TPSA) is 58.6 Å². The van der Waals surface area contributed by atoms with E-state index in [1.165, 1.54) is 0 Å². The van der Waals surface area contributed by atoms with Gasteiger partial charge in [0.25, 0.3) is 5.91 Å². The Kier molecular flexibility index (Phi) is 8.33. The van der Waals surface area contributed by atoms with Gasteiger partial charge in [0.05, 0.1) is 0 Å². The lowest BCUT2D eigenvalue weighted by molar-refractivity contribution is -0.143. The number of hydrogen-bond donors (Lipinski definition) is 1. The van der Waals surface area contributed by atoms with Crippen LogP contribution in [0.25, 0.3) is 0 Å². The van der Waals surface area contributed by atoms with E-state index in [2.05, 4.69) is 5.32 Å². The number of rotatable bonds is 9. The number of nitrogens with zero attached hydrogens (tertiary/aromatic N) is 1. The molecule has 0 radical (unpaired) electrons. The van der Waals surface area contributed by atoms with Crippen molar-refractivity contribution >= 4 is 23.4 Å². The zero-order chi connectivity index (χ0) is 20.5. The molecule has 0 unspecified atom stereocenters. The number of hydrogen-bond acceptors (Lipinski definition) is 3. The van der Waals surface area contributed by atoms with Crippen molar-refractivity contribution in [3.05, 3.63) is 65.2 Å². The first kappa shape index (κ1) is 21.8. The second-order valence-electron chi connectivity index (χ2n) is 6.84. The number of nitrogens with one attached hydrogen (secondary N) is 1. The average Bonchev–Trinajstić information content (AvgIpc) is 2.67. The molecule has 1 atom stereocenters. The van der Waals surface area contributed by atoms with Crippen molar-refractivity contribution in [2.75, 3.05) is 6.61 Å². The van der Waals surface area contributed by atoms with E-state index in [1.807, 2.05) is 51.1 Å². The van der Waals surface area contributed by atoms with Gasteiger partial charge in [-0.25, -0.2) is 0 Å². The maximum absolute atomic E-state index is 13.0. The van der Waals surface area contributed by atoms with E-state index < -0.39 is 6.04 Å². The van der Waals surface area contributed by atoms with Crippen molar-refractivity contribution < 1.29 is 14.3 Å². The molecule has 2 amide bonds. The molecule has 0 aromatic heterocycles. The summed E-state index contributed by atoms with van der Waals surface area (Å²) in [4.78, 5) is 27.2. The number of carbonyl (C=O) groups excluding carboxylic acids is 2. The molecule has 0 aliphatic heterocycles. The molecule has 0 aliphatic carbocycles. The maximum atomic E-state index is 13.0. The molecule has 0 fully saturated rings. The van der Waals surface area contributed by atoms with Crippen LogP contribution in [0.5, 0.6) is 5.75 Å². The fourth-order valence-corrected chi connectivity index (χ4v) is 2.96. The van der Waals surface area contributed by atoms with E-state index in [0.717, 1.165) is 5.56 Å². The highest BCUT2D eigenvalue weighted by atomic mass is 35.5. The summed E-state index contributed by atoms with van der Waals surface area (Å²) in [5.41, 5.74) is 0.897. The molecule has 0 spiro atoms. The Morgan fingerprint density at radius 1 is 1.07 bits per heavy atom. The van der Waals surface area contributed by atoms with Crippen LogP contribution in [-0.2, 0) is 16.1 Å². The lowest BCUT2D eigenvalue weighted by Crippen LogP contribution is -2.51. The summed E-state index contributed by atoms with van der Waals surface area (Å²) in [6, 6.07) is 15.8. The summed E-state index contributed by atoms with van der Waals surface area (Å²) < 4.78 is 5.62. The van der Waals surface area contributed by atoms with Crippen LogP contribution in [0.3, 0.4) is 0 Å². The minimum absolute atomic E-state index is 0.00500. The Labute approximate surface area is 171 Å². The lowest BCUT2D eigenvalue weighted by Gasteiger charge is -2.31. The molecule has 0 saturated heterocycles. The third-order valence-electron chi connectivity index (χ3n) is 4.19. The summed E-state index contributed by atoms with van der Waals surface area (Å²) in [5, 5.41) is 3.53. The normalized spacial score (nSPS) is 11.8. The zero-order valence-corrected chi connectivity index (χ0v) is 17.3. The van der Waals surface area contributed by atoms with Gasteiger partial charge in [-0.15, -0.1) is 0 Å². The lowest BCUT2D eigenvalue weighted by atomic mass is 10.1. The minimum atomic E-state index is -0.579. The van der Waals surface area contributed by atoms with Gasteiger partial charge in [-0.05, 0) is 50.1 Å². The Morgan fingerprint density at radius 3 is 2.29 bits per heavy atom. The van der Waals surface area contributed by atoms with Crippen molar-refractivity contribution in [2.45, 2.75) is 45.8 Å². The van der Waals surface area contributed by atoms with Crippen molar-refractivity contribution in [3.63, 3.8) is 0 Å². The van der Waals surface area contributed by atoms with E-state index in [0.29, 0.717) is 23.7 Å². The van der Waals surface area contributed by atoms with E-state index in [1.54, 1.807) is 29.2 Å². The predicted octanol–water partition coefficient (Wildman–Crippen LogP) is 4.05. The Balaban J connectivity index is 2.18. The molecule has 150 valence electrons. The first-order valence-corrected chi connectivity index (χ1v) is 9.80. The van der Waals surface area contributed by atoms with Crippen LogP contribution in [-0.4, -0.2) is 35.4 Å². The molecule has 0 saturated carbocycles. The summed E-state index contributed by atoms with van der Waals surface area (Å²) >= 11 is 5.96. The van der Waals surface area contributed by atoms with E-state index in [-0.39, 0.29) is 24.5 Å². The molecule has 2 aromatic carbocycles. The van der Waals surface area contributed by atoms with E-state index >= 15 is 0 Å². The smallest absolute Gasteiger partial charge is 0.261 e. The fraction of sp³-hybridized carbons (Fsp3) is 0.364. The Bertz CT molecular complexity index is 763. The third kappa shape index (κ3) is 6.57. The quantitative estimate of drug-likeness (QED) is 0.688. The second-order valence-corrected chi connectivity index (χ2v) is 7.27. The van der Waals surface area contributed by atoms with Crippen molar-refractivity contribution in [1.29, 1.82) is 0 Å². The number of carbonyl (C=O) groups is 2. The summed E-state index contributed by atoms with van der Waals surface area (Å²) in [7, 11) is 0. The molecule has 5 nitrogen and oxygen atoms in total. The molecule has 0 aliphatic rings. The van der Waals surface area contributed by atoms with Gasteiger partial charge < -0.3 is 15.0 Å². The Hall–Kier alpha value is -2.53. The van der Waals surface area contributed by atoms with Gasteiger partial charge in [-0.3, -0.25) is 9.59 Å². The number of ether oxygens (including phenoxy) is 1. The van der Waals surface area contributed by atoms with Gasteiger partial charge in [0.1, 0.15) is 11.8 Å². The highest BCUT2D eigenvalue weighted by Gasteiger charge is 2.29.